The minimum absolute atomic E-state index is 0.0143. The summed E-state index contributed by atoms with van der Waals surface area (Å²) >= 11 is 18.2. The van der Waals surface area contributed by atoms with Gasteiger partial charge in [-0.25, -0.2) is 8.42 Å². The largest absolute Gasteiger partial charge is 0.382 e. The highest BCUT2D eigenvalue weighted by Crippen LogP contribution is 2.50. The molecule has 2 aromatic rings. The number of aliphatic hydroxyl groups excluding tert-OH is 1. The van der Waals surface area contributed by atoms with Crippen LogP contribution >= 0.6 is 34.8 Å². The van der Waals surface area contributed by atoms with E-state index in [1.807, 2.05) is 30.3 Å². The number of amides is 1. The van der Waals surface area contributed by atoms with Gasteiger partial charge < -0.3 is 19.8 Å². The maximum Gasteiger partial charge on any atom is 0.232 e. The number of benzene rings is 1. The lowest BCUT2D eigenvalue weighted by Crippen LogP contribution is -2.66. The van der Waals surface area contributed by atoms with Crippen molar-refractivity contribution in [3.8, 4) is 12.3 Å². The molecule has 0 spiro atoms. The number of fused-ring (bicyclic) bond motifs is 4. The summed E-state index contributed by atoms with van der Waals surface area (Å²) in [4.78, 5) is 21.2. The number of aliphatic hydroxyl groups is 1. The van der Waals surface area contributed by atoms with Gasteiger partial charge in [0.05, 0.1) is 25.0 Å². The van der Waals surface area contributed by atoms with E-state index in [0.29, 0.717) is 56.4 Å². The number of rotatable bonds is 13. The lowest BCUT2D eigenvalue weighted by Gasteiger charge is -2.63. The van der Waals surface area contributed by atoms with E-state index in [-0.39, 0.29) is 16.4 Å². The van der Waals surface area contributed by atoms with Crippen molar-refractivity contribution >= 4 is 61.9 Å². The van der Waals surface area contributed by atoms with Gasteiger partial charge in [0, 0.05) is 36.9 Å². The van der Waals surface area contributed by atoms with Crippen molar-refractivity contribution in [1.29, 1.82) is 0 Å². The third-order valence-corrected chi connectivity index (χ3v) is 9.89. The predicted octanol–water partition coefficient (Wildman–Crippen LogP) is 5.28. The molecule has 1 aromatic carbocycles. The molecule has 2 bridgehead atoms. The van der Waals surface area contributed by atoms with E-state index in [1.54, 1.807) is 12.3 Å². The number of hydrogen-bond donors (Lipinski definition) is 2. The molecule has 6 atom stereocenters. The van der Waals surface area contributed by atoms with E-state index < -0.39 is 44.7 Å². The summed E-state index contributed by atoms with van der Waals surface area (Å²) in [5.74, 6) is 2.18. The first-order valence-corrected chi connectivity index (χ1v) is 16.3. The minimum Gasteiger partial charge on any atom is -0.382 e. The standard InChI is InChI=1S/C29H35Cl3N4O5S/c1-3-5-6-9-14-34-27(37)18-26(29(30,31)32)41-42(39,40)35-36-16-13-21(20(4-2)19-36)17-25(36)28(38)23-12-15-33-24-11-8-7-10-22(23)24/h1,4,7-8,10-12,15,20-21,25-26,28,38H,2,5-6,9,13-14,16-19H2,(H,34,37)/t20-,21-,25-,26+,28+,36+/m0/s1. The minimum atomic E-state index is -4.73. The molecule has 2 N–H and O–H groups in total. The summed E-state index contributed by atoms with van der Waals surface area (Å²) in [6, 6.07) is 8.59. The van der Waals surface area contributed by atoms with Crippen LogP contribution in [0.25, 0.3) is 15.7 Å². The molecular weight excluding hydrogens is 623 g/mol. The van der Waals surface area contributed by atoms with Crippen LogP contribution in [-0.4, -0.2) is 64.6 Å². The molecule has 228 valence electrons. The Morgan fingerprint density at radius 1 is 1.33 bits per heavy atom. The highest BCUT2D eigenvalue weighted by Gasteiger charge is 2.52. The van der Waals surface area contributed by atoms with Gasteiger partial charge in [-0.2, -0.15) is 0 Å². The summed E-state index contributed by atoms with van der Waals surface area (Å²) in [6.07, 6.45) is 8.62. The van der Waals surface area contributed by atoms with Crippen LogP contribution < -0.4 is 5.32 Å². The SMILES string of the molecule is C#CCCCCNC(=O)C[C@@H](OS(=O)(=O)[N-][N@@+]12CC[C@@H](C[C@H]1[C@H](O)c1ccnc3ccccc13)[C@@H](C=C)C2)C(Cl)(Cl)Cl. The van der Waals surface area contributed by atoms with E-state index in [0.717, 1.165) is 11.8 Å². The number of piperidine rings is 3. The smallest absolute Gasteiger partial charge is 0.232 e. The average molecular weight is 658 g/mol. The van der Waals surface area contributed by atoms with E-state index in [9.17, 15) is 18.3 Å². The van der Waals surface area contributed by atoms with Crippen LogP contribution in [0.5, 0.6) is 0 Å². The van der Waals surface area contributed by atoms with Crippen LogP contribution in [0.3, 0.4) is 0 Å². The summed E-state index contributed by atoms with van der Waals surface area (Å²) in [7, 11) is -4.73. The second-order valence-electron chi connectivity index (χ2n) is 10.9. The van der Waals surface area contributed by atoms with Crippen molar-refractivity contribution < 1.29 is 27.1 Å². The molecule has 9 nitrogen and oxygen atoms in total. The van der Waals surface area contributed by atoms with Crippen molar-refractivity contribution in [1.82, 2.24) is 10.3 Å². The van der Waals surface area contributed by atoms with Crippen molar-refractivity contribution in [2.45, 2.75) is 60.6 Å². The third-order valence-electron chi connectivity index (χ3n) is 8.16. The van der Waals surface area contributed by atoms with Crippen molar-refractivity contribution in [3.05, 3.63) is 59.6 Å². The lowest BCUT2D eigenvalue weighted by molar-refractivity contribution is -0.935. The molecule has 0 aliphatic carbocycles. The number of quaternary nitrogens is 1. The molecule has 4 heterocycles. The maximum absolute atomic E-state index is 13.5. The molecular formula is C29H35Cl3N4O5S. The summed E-state index contributed by atoms with van der Waals surface area (Å²) in [5, 5.41) is 15.2. The number of nitrogens with zero attached hydrogens (tertiary/aromatic N) is 3. The molecule has 0 radical (unpaired) electrons. The van der Waals surface area contributed by atoms with Gasteiger partial charge in [-0.05, 0) is 42.9 Å². The first-order chi connectivity index (χ1) is 19.9. The number of hydrogen-bond acceptors (Lipinski definition) is 6. The molecule has 0 saturated carbocycles. The number of carbonyl (C=O) groups is 1. The first-order valence-electron chi connectivity index (χ1n) is 13.8. The molecule has 1 aromatic heterocycles. The van der Waals surface area contributed by atoms with Gasteiger partial charge in [-0.3, -0.25) is 14.0 Å². The zero-order valence-electron chi connectivity index (χ0n) is 23.0. The average Bonchev–Trinajstić information content (AvgIpc) is 2.95. The fourth-order valence-corrected chi connectivity index (χ4v) is 7.81. The predicted molar refractivity (Wildman–Crippen MR) is 165 cm³/mol. The Morgan fingerprint density at radius 3 is 2.81 bits per heavy atom. The molecule has 1 amide bonds. The Labute approximate surface area is 262 Å². The quantitative estimate of drug-likeness (QED) is 0.0995. The molecule has 0 unspecified atom stereocenters. The normalized spacial score (nSPS) is 25.5. The van der Waals surface area contributed by atoms with Crippen LogP contribution in [-0.2, 0) is 19.3 Å². The van der Waals surface area contributed by atoms with Crippen molar-refractivity contribution in [3.63, 3.8) is 0 Å². The fraction of sp³-hybridized carbons (Fsp3) is 0.517. The van der Waals surface area contributed by atoms with Gasteiger partial charge in [0.2, 0.25) is 20.0 Å². The van der Waals surface area contributed by atoms with E-state index in [4.69, 9.17) is 45.4 Å². The number of halogens is 3. The second kappa shape index (κ2) is 13.8. The summed E-state index contributed by atoms with van der Waals surface area (Å²) in [6.45, 7) is 4.94. The molecule has 13 heteroatoms. The maximum atomic E-state index is 13.5. The summed E-state index contributed by atoms with van der Waals surface area (Å²) < 4.78 is 29.8. The van der Waals surface area contributed by atoms with Gasteiger partial charge in [0.15, 0.2) is 0 Å². The Balaban J connectivity index is 1.56. The van der Waals surface area contributed by atoms with Crippen molar-refractivity contribution in [2.24, 2.45) is 11.8 Å². The number of pyridine rings is 1. The molecule has 42 heavy (non-hydrogen) atoms. The lowest BCUT2D eigenvalue weighted by atomic mass is 9.72. The van der Waals surface area contributed by atoms with Crippen LogP contribution in [0.4, 0.5) is 0 Å². The van der Waals surface area contributed by atoms with Gasteiger partial charge in [-0.15, -0.1) is 18.9 Å². The number of nitrogens with one attached hydrogen (secondary N) is 1. The van der Waals surface area contributed by atoms with Gasteiger partial charge in [0.25, 0.3) is 0 Å². The van der Waals surface area contributed by atoms with Gasteiger partial charge in [-0.1, -0.05) is 59.1 Å². The van der Waals surface area contributed by atoms with E-state index >= 15 is 0 Å². The van der Waals surface area contributed by atoms with Gasteiger partial charge >= 0.3 is 0 Å². The number of unbranched alkanes of at least 4 members (excludes halogenated alkanes) is 2. The van der Waals surface area contributed by atoms with Gasteiger partial charge in [0.1, 0.15) is 18.2 Å². The number of aromatic nitrogens is 1. The van der Waals surface area contributed by atoms with E-state index in [1.165, 1.54) is 0 Å². The third kappa shape index (κ3) is 7.76. The second-order valence-corrected chi connectivity index (χ2v) is 14.4. The first kappa shape index (κ1) is 33.0. The van der Waals surface area contributed by atoms with Crippen LogP contribution in [0.15, 0.2) is 49.2 Å². The molecule has 3 aliphatic heterocycles. The number of para-hydroxylation sites is 1. The Bertz CT molecular complexity index is 1430. The topological polar surface area (TPSA) is 120 Å². The number of alkyl halides is 3. The highest BCUT2D eigenvalue weighted by atomic mass is 35.6. The van der Waals surface area contributed by atoms with Crippen LogP contribution in [0.1, 0.15) is 50.2 Å². The zero-order valence-corrected chi connectivity index (χ0v) is 26.1. The van der Waals surface area contributed by atoms with Crippen LogP contribution in [0, 0.1) is 24.2 Å². The van der Waals surface area contributed by atoms with Crippen LogP contribution in [0.2, 0.25) is 0 Å². The number of terminal acetylenes is 1. The monoisotopic (exact) mass is 656 g/mol. The van der Waals surface area contributed by atoms with E-state index in [2.05, 4.69) is 27.6 Å². The summed E-state index contributed by atoms with van der Waals surface area (Å²) in [5.41, 5.74) is 1.35. The Kier molecular flexibility index (Phi) is 10.8. The molecule has 3 aliphatic rings. The number of carbonyl (C=O) groups excluding carboxylic acids is 1. The Morgan fingerprint density at radius 2 is 2.10 bits per heavy atom. The molecule has 3 fully saturated rings. The molecule has 3 saturated heterocycles. The zero-order chi connectivity index (χ0) is 30.5. The van der Waals surface area contributed by atoms with Crippen molar-refractivity contribution in [2.75, 3.05) is 19.6 Å². The molecule has 5 rings (SSSR count). The Hall–Kier alpha value is -1.94. The fourth-order valence-electron chi connectivity index (χ4n) is 6.08. The highest BCUT2D eigenvalue weighted by molar-refractivity contribution is 7.89.